The lowest BCUT2D eigenvalue weighted by molar-refractivity contribution is -0.122. The number of Topliss-reactive ketones (excluding diaryl/α,β-unsaturated/α-hetero) is 1. The third kappa shape index (κ3) is 4.50. The zero-order chi connectivity index (χ0) is 21.7. The fraction of sp³-hybridized carbons (Fsp3) is 0.174. The average Bonchev–Trinajstić information content (AvgIpc) is 3.19. The van der Waals surface area contributed by atoms with Gasteiger partial charge in [0.2, 0.25) is 0 Å². The predicted octanol–water partition coefficient (Wildman–Crippen LogP) is 3.75. The first-order chi connectivity index (χ1) is 14.4. The van der Waals surface area contributed by atoms with E-state index in [4.69, 9.17) is 15.4 Å². The summed E-state index contributed by atoms with van der Waals surface area (Å²) < 4.78 is 6.75. The van der Waals surface area contributed by atoms with E-state index in [1.54, 1.807) is 16.9 Å². The molecule has 0 amide bonds. The second-order valence-corrected chi connectivity index (χ2v) is 6.83. The average molecular weight is 400 g/mol. The zero-order valence-electron chi connectivity index (χ0n) is 16.6. The van der Waals surface area contributed by atoms with Crippen molar-refractivity contribution >= 4 is 17.5 Å². The summed E-state index contributed by atoms with van der Waals surface area (Å²) in [5, 5.41) is 21.1. The summed E-state index contributed by atoms with van der Waals surface area (Å²) in [6, 6.07) is 18.6. The van der Waals surface area contributed by atoms with E-state index in [2.05, 4.69) is 5.10 Å². The number of aryl methyl sites for hydroxylation is 1. The van der Waals surface area contributed by atoms with Crippen molar-refractivity contribution in [3.63, 3.8) is 0 Å². The minimum absolute atomic E-state index is 0.0872. The van der Waals surface area contributed by atoms with Crippen molar-refractivity contribution in [1.29, 1.82) is 10.7 Å². The Hall–Kier alpha value is -4.05. The van der Waals surface area contributed by atoms with E-state index >= 15 is 0 Å². The van der Waals surface area contributed by atoms with Gasteiger partial charge in [0.05, 0.1) is 11.8 Å². The van der Waals surface area contributed by atoms with Crippen molar-refractivity contribution < 1.29 is 14.3 Å². The molecule has 0 spiro atoms. The van der Waals surface area contributed by atoms with E-state index in [9.17, 15) is 9.59 Å². The van der Waals surface area contributed by atoms with Crippen LogP contribution in [0.25, 0.3) is 16.9 Å². The smallest absolute Gasteiger partial charge is 0.342 e. The highest BCUT2D eigenvalue weighted by atomic mass is 16.5. The van der Waals surface area contributed by atoms with Crippen molar-refractivity contribution in [2.24, 2.45) is 5.92 Å². The van der Waals surface area contributed by atoms with Crippen LogP contribution in [0.4, 0.5) is 0 Å². The van der Waals surface area contributed by atoms with Crippen molar-refractivity contribution in [3.8, 4) is 23.0 Å². The summed E-state index contributed by atoms with van der Waals surface area (Å²) in [5.41, 5.74) is 3.12. The first kappa shape index (κ1) is 20.7. The van der Waals surface area contributed by atoms with Crippen molar-refractivity contribution in [2.75, 3.05) is 6.61 Å². The van der Waals surface area contributed by atoms with E-state index in [0.717, 1.165) is 16.8 Å². The van der Waals surface area contributed by atoms with Crippen molar-refractivity contribution in [2.45, 2.75) is 13.8 Å². The minimum atomic E-state index is -1.22. The first-order valence-electron chi connectivity index (χ1n) is 9.27. The van der Waals surface area contributed by atoms with Gasteiger partial charge in [-0.3, -0.25) is 4.79 Å². The number of carbonyl (C=O) groups excluding carboxylic acids is 2. The molecule has 0 aliphatic carbocycles. The van der Waals surface area contributed by atoms with Gasteiger partial charge in [0.1, 0.15) is 17.2 Å². The van der Waals surface area contributed by atoms with Gasteiger partial charge in [-0.1, -0.05) is 48.0 Å². The van der Waals surface area contributed by atoms with E-state index in [1.807, 2.05) is 61.5 Å². The van der Waals surface area contributed by atoms with E-state index < -0.39 is 24.3 Å². The van der Waals surface area contributed by atoms with Gasteiger partial charge in [0.25, 0.3) is 0 Å². The number of nitrogens with zero attached hydrogens (tertiary/aromatic N) is 3. The molecule has 1 aromatic heterocycles. The highest BCUT2D eigenvalue weighted by Crippen LogP contribution is 2.25. The molecule has 0 radical (unpaired) electrons. The molecule has 0 saturated carbocycles. The maximum Gasteiger partial charge on any atom is 0.342 e. The Morgan fingerprint density at radius 1 is 1.17 bits per heavy atom. The highest BCUT2D eigenvalue weighted by Gasteiger charge is 2.24. The molecular formula is C23H20N4O3. The molecular weight excluding hydrogens is 380 g/mol. The van der Waals surface area contributed by atoms with Crippen LogP contribution in [0.15, 0.2) is 60.8 Å². The third-order valence-electron chi connectivity index (χ3n) is 4.51. The molecule has 1 heterocycles. The normalized spacial score (nSPS) is 11.4. The molecule has 0 aliphatic rings. The summed E-state index contributed by atoms with van der Waals surface area (Å²) in [6.45, 7) is 2.74. The molecule has 0 saturated heterocycles. The lowest BCUT2D eigenvalue weighted by atomic mass is 10.0. The fourth-order valence-corrected chi connectivity index (χ4v) is 2.87. The summed E-state index contributed by atoms with van der Waals surface area (Å²) in [6.07, 6.45) is 1.56. The van der Waals surface area contributed by atoms with E-state index in [-0.39, 0.29) is 11.3 Å². The maximum absolute atomic E-state index is 12.8. The number of aromatic nitrogens is 2. The van der Waals surface area contributed by atoms with Gasteiger partial charge in [-0.05, 0) is 26.0 Å². The summed E-state index contributed by atoms with van der Waals surface area (Å²) in [5.74, 6) is -2.58. The van der Waals surface area contributed by atoms with Crippen LogP contribution in [-0.2, 0) is 9.53 Å². The third-order valence-corrected chi connectivity index (χ3v) is 4.51. The second-order valence-electron chi connectivity index (χ2n) is 6.83. The van der Waals surface area contributed by atoms with Gasteiger partial charge < -0.3 is 10.1 Å². The largest absolute Gasteiger partial charge is 0.454 e. The lowest BCUT2D eigenvalue weighted by Crippen LogP contribution is -2.25. The van der Waals surface area contributed by atoms with Crippen LogP contribution in [0, 0.1) is 29.6 Å². The van der Waals surface area contributed by atoms with Crippen molar-refractivity contribution in [3.05, 3.63) is 71.9 Å². The Morgan fingerprint density at radius 2 is 1.83 bits per heavy atom. The molecule has 0 aliphatic heterocycles. The van der Waals surface area contributed by atoms with Crippen LogP contribution in [0.1, 0.15) is 22.8 Å². The molecule has 30 heavy (non-hydrogen) atoms. The molecule has 1 atom stereocenters. The van der Waals surface area contributed by atoms with Crippen LogP contribution in [0.3, 0.4) is 0 Å². The highest BCUT2D eigenvalue weighted by molar-refractivity contribution is 6.06. The summed E-state index contributed by atoms with van der Waals surface area (Å²) >= 11 is 0. The van der Waals surface area contributed by atoms with Gasteiger partial charge in [0.15, 0.2) is 12.4 Å². The number of hydrogen-bond acceptors (Lipinski definition) is 6. The molecule has 3 aromatic rings. The van der Waals surface area contributed by atoms with Crippen LogP contribution in [0.2, 0.25) is 0 Å². The topological polar surface area (TPSA) is 109 Å². The quantitative estimate of drug-likeness (QED) is 0.480. The Labute approximate surface area is 174 Å². The zero-order valence-corrected chi connectivity index (χ0v) is 16.6. The van der Waals surface area contributed by atoms with E-state index in [1.165, 1.54) is 6.92 Å². The number of esters is 1. The number of benzene rings is 2. The number of ether oxygens (including phenoxy) is 1. The number of carbonyl (C=O) groups is 2. The lowest BCUT2D eigenvalue weighted by Gasteiger charge is -2.07. The summed E-state index contributed by atoms with van der Waals surface area (Å²) in [7, 11) is 0. The minimum Gasteiger partial charge on any atom is -0.454 e. The van der Waals surface area contributed by atoms with Gasteiger partial charge >= 0.3 is 5.97 Å². The van der Waals surface area contributed by atoms with E-state index in [0.29, 0.717) is 5.69 Å². The molecule has 2 aromatic carbocycles. The summed E-state index contributed by atoms with van der Waals surface area (Å²) in [4.78, 5) is 24.9. The molecule has 150 valence electrons. The molecule has 7 heteroatoms. The van der Waals surface area contributed by atoms with Gasteiger partial charge in [0, 0.05) is 17.5 Å². The first-order valence-corrected chi connectivity index (χ1v) is 9.27. The Kier molecular flexibility index (Phi) is 6.18. The Bertz CT molecular complexity index is 1130. The maximum atomic E-state index is 12.8. The van der Waals surface area contributed by atoms with Gasteiger partial charge in [-0.2, -0.15) is 10.4 Å². The number of nitriles is 1. The number of rotatable bonds is 7. The molecule has 0 fully saturated rings. The number of hydrogen-bond donors (Lipinski definition) is 1. The molecule has 3 rings (SSSR count). The Balaban J connectivity index is 1.92. The van der Waals surface area contributed by atoms with Gasteiger partial charge in [-0.25, -0.2) is 9.48 Å². The number of para-hydroxylation sites is 1. The molecule has 1 N–H and O–H groups in total. The molecule has 7 nitrogen and oxygen atoms in total. The van der Waals surface area contributed by atoms with Crippen LogP contribution < -0.4 is 0 Å². The Morgan fingerprint density at radius 3 is 2.43 bits per heavy atom. The van der Waals surface area contributed by atoms with Crippen LogP contribution in [-0.4, -0.2) is 33.9 Å². The van der Waals surface area contributed by atoms with Gasteiger partial charge in [-0.15, -0.1) is 0 Å². The van der Waals surface area contributed by atoms with Crippen LogP contribution >= 0.6 is 0 Å². The SMILES string of the molecule is CC(=N)[C@H](C#N)C(=O)COC(=O)c1cn(-c2ccccc2)nc1-c1ccc(C)cc1. The number of ketones is 1. The molecule has 0 bridgehead atoms. The van der Waals surface area contributed by atoms with Crippen LogP contribution in [0.5, 0.6) is 0 Å². The second kappa shape index (κ2) is 8.97. The monoisotopic (exact) mass is 400 g/mol. The standard InChI is InChI=1S/C23H20N4O3/c1-15-8-10-17(11-9-15)22-20(13-27(26-22)18-6-4-3-5-7-18)23(29)30-14-21(28)19(12-24)16(2)25/h3-11,13,19,25H,14H2,1-2H3/t19-/m0/s1. The molecule has 0 unspecified atom stereocenters. The number of nitrogens with one attached hydrogen (secondary N) is 1. The fourth-order valence-electron chi connectivity index (χ4n) is 2.87. The van der Waals surface area contributed by atoms with Crippen molar-refractivity contribution in [1.82, 2.24) is 9.78 Å². The predicted molar refractivity (Wildman–Crippen MR) is 112 cm³/mol.